The van der Waals surface area contributed by atoms with Crippen molar-refractivity contribution >= 4 is 11.6 Å². The van der Waals surface area contributed by atoms with E-state index in [9.17, 15) is 0 Å². The van der Waals surface area contributed by atoms with E-state index in [4.69, 9.17) is 11.6 Å². The van der Waals surface area contributed by atoms with Gasteiger partial charge in [-0.25, -0.2) is 4.98 Å². The second-order valence-corrected chi connectivity index (χ2v) is 4.74. The lowest BCUT2D eigenvalue weighted by Gasteiger charge is -2.08. The molecule has 1 spiro atoms. The Labute approximate surface area is 88.7 Å². The summed E-state index contributed by atoms with van der Waals surface area (Å²) in [5, 5.41) is 4.20. The van der Waals surface area contributed by atoms with E-state index in [1.54, 1.807) is 0 Å². The molecule has 3 rings (SSSR count). The van der Waals surface area contributed by atoms with Crippen molar-refractivity contribution in [3.8, 4) is 0 Å². The molecule has 0 aromatic carbocycles. The molecule has 2 unspecified atom stereocenters. The zero-order valence-corrected chi connectivity index (χ0v) is 8.72. The van der Waals surface area contributed by atoms with Crippen molar-refractivity contribution in [1.82, 2.24) is 10.3 Å². The first-order valence-corrected chi connectivity index (χ1v) is 5.54. The third-order valence-electron chi connectivity index (χ3n) is 3.50. The zero-order valence-electron chi connectivity index (χ0n) is 7.96. The van der Waals surface area contributed by atoms with Crippen molar-refractivity contribution in [2.75, 3.05) is 6.54 Å². The zero-order chi connectivity index (χ0) is 9.60. The molecule has 2 atom stereocenters. The van der Waals surface area contributed by atoms with Gasteiger partial charge >= 0.3 is 0 Å². The maximum Gasteiger partial charge on any atom is 0.129 e. The van der Waals surface area contributed by atoms with Gasteiger partial charge in [-0.15, -0.1) is 0 Å². The standard InChI is InChI=1S/C11H13ClN2/c12-10-3-2-8(7-13-10)9-6-11(9)4-1-5-14-11/h2-3,7,9,14H,1,4-6H2. The van der Waals surface area contributed by atoms with Gasteiger partial charge < -0.3 is 5.32 Å². The van der Waals surface area contributed by atoms with Crippen molar-refractivity contribution in [2.24, 2.45) is 0 Å². The number of halogens is 1. The molecule has 1 saturated heterocycles. The topological polar surface area (TPSA) is 24.9 Å². The maximum absolute atomic E-state index is 5.76. The minimum Gasteiger partial charge on any atom is -0.311 e. The van der Waals surface area contributed by atoms with E-state index in [2.05, 4.69) is 16.4 Å². The highest BCUT2D eigenvalue weighted by atomic mass is 35.5. The van der Waals surface area contributed by atoms with Gasteiger partial charge in [-0.2, -0.15) is 0 Å². The van der Waals surface area contributed by atoms with E-state index >= 15 is 0 Å². The Hall–Kier alpha value is -0.600. The first kappa shape index (κ1) is 8.69. The van der Waals surface area contributed by atoms with E-state index in [0.717, 1.165) is 0 Å². The summed E-state index contributed by atoms with van der Waals surface area (Å²) in [6.45, 7) is 1.18. The van der Waals surface area contributed by atoms with Crippen LogP contribution in [0.4, 0.5) is 0 Å². The SMILES string of the molecule is Clc1ccc(C2CC23CCCN3)cn1. The number of rotatable bonds is 1. The predicted octanol–water partition coefficient (Wildman–Crippen LogP) is 2.34. The van der Waals surface area contributed by atoms with E-state index in [1.165, 1.54) is 31.4 Å². The molecule has 0 radical (unpaired) electrons. The van der Waals surface area contributed by atoms with Crippen LogP contribution in [0.1, 0.15) is 30.7 Å². The number of hydrogen-bond acceptors (Lipinski definition) is 2. The minimum atomic E-state index is 0.426. The molecule has 1 aliphatic carbocycles. The Morgan fingerprint density at radius 3 is 3.07 bits per heavy atom. The molecule has 2 heterocycles. The van der Waals surface area contributed by atoms with E-state index in [1.807, 2.05) is 12.3 Å². The molecule has 1 aromatic heterocycles. The third-order valence-corrected chi connectivity index (χ3v) is 3.73. The molecule has 1 saturated carbocycles. The largest absolute Gasteiger partial charge is 0.311 e. The van der Waals surface area contributed by atoms with Crippen molar-refractivity contribution in [1.29, 1.82) is 0 Å². The molecule has 14 heavy (non-hydrogen) atoms. The lowest BCUT2D eigenvalue weighted by atomic mass is 10.1. The van der Waals surface area contributed by atoms with Crippen LogP contribution in [0.2, 0.25) is 5.15 Å². The summed E-state index contributed by atoms with van der Waals surface area (Å²) in [4.78, 5) is 4.13. The fraction of sp³-hybridized carbons (Fsp3) is 0.545. The number of aromatic nitrogens is 1. The van der Waals surface area contributed by atoms with Crippen LogP contribution in [-0.2, 0) is 0 Å². The quantitative estimate of drug-likeness (QED) is 0.717. The van der Waals surface area contributed by atoms with E-state index in [-0.39, 0.29) is 0 Å². The van der Waals surface area contributed by atoms with Gasteiger partial charge in [0.05, 0.1) is 0 Å². The Morgan fingerprint density at radius 2 is 2.43 bits per heavy atom. The summed E-state index contributed by atoms with van der Waals surface area (Å²) in [6.07, 6.45) is 5.83. The van der Waals surface area contributed by atoms with Crippen LogP contribution in [0.15, 0.2) is 18.3 Å². The van der Waals surface area contributed by atoms with E-state index in [0.29, 0.717) is 16.6 Å². The molecule has 3 heteroatoms. The van der Waals surface area contributed by atoms with Gasteiger partial charge in [-0.3, -0.25) is 0 Å². The van der Waals surface area contributed by atoms with Crippen LogP contribution in [0, 0.1) is 0 Å². The number of hydrogen-bond donors (Lipinski definition) is 1. The normalized spacial score (nSPS) is 35.1. The number of pyridine rings is 1. The minimum absolute atomic E-state index is 0.426. The molecule has 74 valence electrons. The third kappa shape index (κ3) is 1.25. The Bertz CT molecular complexity index is 341. The predicted molar refractivity (Wildman–Crippen MR) is 56.6 cm³/mol. The maximum atomic E-state index is 5.76. The molecular formula is C11H13ClN2. The lowest BCUT2D eigenvalue weighted by Crippen LogP contribution is -2.25. The van der Waals surface area contributed by atoms with Gasteiger partial charge in [0.2, 0.25) is 0 Å². The Balaban J connectivity index is 1.82. The number of nitrogens with zero attached hydrogens (tertiary/aromatic N) is 1. The molecule has 0 bridgehead atoms. The second kappa shape index (κ2) is 2.94. The van der Waals surface area contributed by atoms with E-state index < -0.39 is 0 Å². The van der Waals surface area contributed by atoms with Gasteiger partial charge in [0.1, 0.15) is 5.15 Å². The highest BCUT2D eigenvalue weighted by Gasteiger charge is 2.55. The molecule has 2 fully saturated rings. The van der Waals surface area contributed by atoms with Crippen LogP contribution in [-0.4, -0.2) is 17.1 Å². The van der Waals surface area contributed by atoms with Crippen LogP contribution in [0.25, 0.3) is 0 Å². The van der Waals surface area contributed by atoms with Crippen LogP contribution in [0.5, 0.6) is 0 Å². The molecular weight excluding hydrogens is 196 g/mol. The summed E-state index contributed by atoms with van der Waals surface area (Å²) < 4.78 is 0. The van der Waals surface area contributed by atoms with Crippen LogP contribution >= 0.6 is 11.6 Å². The molecule has 1 aliphatic heterocycles. The number of nitrogens with one attached hydrogen (secondary N) is 1. The fourth-order valence-electron chi connectivity index (χ4n) is 2.64. The Kier molecular flexibility index (Phi) is 1.83. The second-order valence-electron chi connectivity index (χ2n) is 4.36. The van der Waals surface area contributed by atoms with Gasteiger partial charge in [-0.05, 0) is 37.4 Å². The summed E-state index contributed by atoms with van der Waals surface area (Å²) in [5.74, 6) is 0.676. The highest BCUT2D eigenvalue weighted by Crippen LogP contribution is 2.55. The average Bonchev–Trinajstić information content (AvgIpc) is 2.68. The summed E-state index contributed by atoms with van der Waals surface area (Å²) >= 11 is 5.76. The van der Waals surface area contributed by atoms with Gasteiger partial charge in [0.25, 0.3) is 0 Å². The monoisotopic (exact) mass is 208 g/mol. The molecule has 2 aliphatic rings. The van der Waals surface area contributed by atoms with Crippen molar-refractivity contribution < 1.29 is 0 Å². The van der Waals surface area contributed by atoms with Crippen molar-refractivity contribution in [3.05, 3.63) is 29.0 Å². The van der Waals surface area contributed by atoms with Crippen molar-refractivity contribution in [2.45, 2.75) is 30.7 Å². The van der Waals surface area contributed by atoms with Gasteiger partial charge in [-0.1, -0.05) is 17.7 Å². The smallest absolute Gasteiger partial charge is 0.129 e. The first-order valence-electron chi connectivity index (χ1n) is 5.17. The highest BCUT2D eigenvalue weighted by molar-refractivity contribution is 6.29. The molecule has 2 nitrogen and oxygen atoms in total. The first-order chi connectivity index (χ1) is 6.80. The molecule has 1 N–H and O–H groups in total. The van der Waals surface area contributed by atoms with Crippen LogP contribution < -0.4 is 5.32 Å². The summed E-state index contributed by atoms with van der Waals surface area (Å²) in [6, 6.07) is 3.99. The molecule has 1 aromatic rings. The Morgan fingerprint density at radius 1 is 1.50 bits per heavy atom. The lowest BCUT2D eigenvalue weighted by molar-refractivity contribution is 0.578. The van der Waals surface area contributed by atoms with Crippen molar-refractivity contribution in [3.63, 3.8) is 0 Å². The van der Waals surface area contributed by atoms with Gasteiger partial charge in [0.15, 0.2) is 0 Å². The van der Waals surface area contributed by atoms with Gasteiger partial charge in [0, 0.05) is 17.7 Å². The average molecular weight is 209 g/mol. The fourth-order valence-corrected chi connectivity index (χ4v) is 2.75. The summed E-state index contributed by atoms with van der Waals surface area (Å²) in [5.41, 5.74) is 1.76. The van der Waals surface area contributed by atoms with Crippen LogP contribution in [0.3, 0.4) is 0 Å². The summed E-state index contributed by atoms with van der Waals surface area (Å²) in [7, 11) is 0. The molecule has 0 amide bonds.